The van der Waals surface area contributed by atoms with Gasteiger partial charge in [0.25, 0.3) is 0 Å². The number of aromatic nitrogens is 1. The van der Waals surface area contributed by atoms with Crippen molar-refractivity contribution in [3.05, 3.63) is 79.0 Å². The Hall–Kier alpha value is -3.38. The lowest BCUT2D eigenvalue weighted by Crippen LogP contribution is -2.45. The number of hydrogen-bond acceptors (Lipinski definition) is 5. The molecule has 34 heavy (non-hydrogen) atoms. The monoisotopic (exact) mass is 457 g/mol. The first-order valence-electron chi connectivity index (χ1n) is 12.0. The van der Waals surface area contributed by atoms with Crippen LogP contribution in [0.4, 0.5) is 10.5 Å². The minimum absolute atomic E-state index is 0.0771. The van der Waals surface area contributed by atoms with Crippen LogP contribution >= 0.6 is 0 Å². The van der Waals surface area contributed by atoms with E-state index >= 15 is 0 Å². The number of rotatable bonds is 6. The zero-order valence-corrected chi connectivity index (χ0v) is 19.5. The molecule has 6 heteroatoms. The van der Waals surface area contributed by atoms with E-state index in [1.165, 1.54) is 0 Å². The second-order valence-electron chi connectivity index (χ2n) is 9.19. The molecule has 1 N–H and O–H groups in total. The molecule has 0 spiro atoms. The molecule has 1 amide bonds. The second kappa shape index (κ2) is 9.85. The first-order valence-corrected chi connectivity index (χ1v) is 12.0. The minimum Gasteiger partial charge on any atom is -0.497 e. The highest BCUT2D eigenvalue weighted by Gasteiger charge is 2.41. The van der Waals surface area contributed by atoms with E-state index in [0.29, 0.717) is 17.5 Å². The van der Waals surface area contributed by atoms with Crippen LogP contribution in [-0.4, -0.2) is 42.2 Å². The van der Waals surface area contributed by atoms with Crippen LogP contribution in [0.3, 0.4) is 0 Å². The fraction of sp³-hybridized carbons (Fsp3) is 0.357. The van der Waals surface area contributed by atoms with E-state index in [9.17, 15) is 4.79 Å². The molecule has 3 saturated heterocycles. The molecular weight excluding hydrogens is 426 g/mol. The van der Waals surface area contributed by atoms with Crippen molar-refractivity contribution in [2.45, 2.75) is 31.4 Å². The van der Waals surface area contributed by atoms with Crippen LogP contribution in [0.15, 0.2) is 73.4 Å². The number of benzene rings is 2. The predicted octanol–water partition coefficient (Wildman–Crippen LogP) is 5.82. The van der Waals surface area contributed by atoms with Gasteiger partial charge < -0.3 is 9.47 Å². The molecule has 4 unspecified atom stereocenters. The number of ether oxygens (including phenoxy) is 2. The van der Waals surface area contributed by atoms with Gasteiger partial charge in [0.05, 0.1) is 18.7 Å². The summed E-state index contributed by atoms with van der Waals surface area (Å²) in [6.45, 7) is 6.04. The highest BCUT2D eigenvalue weighted by atomic mass is 16.6. The van der Waals surface area contributed by atoms with Gasteiger partial charge in [-0.25, -0.2) is 4.79 Å². The molecule has 4 heterocycles. The SMILES string of the molecule is C=CC1CN2CCC1CCC2[C@H](OC(=O)Nc1ccccc1)c1ccnc2ccc(OC)cc12. The Labute approximate surface area is 200 Å². The van der Waals surface area contributed by atoms with Crippen LogP contribution in [-0.2, 0) is 4.74 Å². The van der Waals surface area contributed by atoms with Gasteiger partial charge in [-0.1, -0.05) is 24.3 Å². The predicted molar refractivity (Wildman–Crippen MR) is 134 cm³/mol. The van der Waals surface area contributed by atoms with Gasteiger partial charge in [0.2, 0.25) is 0 Å². The third-order valence-electron chi connectivity index (χ3n) is 7.34. The van der Waals surface area contributed by atoms with Crippen LogP contribution in [0.1, 0.15) is 30.9 Å². The van der Waals surface area contributed by atoms with E-state index in [1.54, 1.807) is 13.3 Å². The molecule has 3 aliphatic rings. The summed E-state index contributed by atoms with van der Waals surface area (Å²) in [6.07, 6.45) is 6.22. The van der Waals surface area contributed by atoms with Gasteiger partial charge >= 0.3 is 6.09 Å². The number of carbonyl (C=O) groups excluding carboxylic acids is 1. The summed E-state index contributed by atoms with van der Waals surface area (Å²) >= 11 is 0. The topological polar surface area (TPSA) is 63.7 Å². The molecule has 5 atom stereocenters. The smallest absolute Gasteiger partial charge is 0.412 e. The summed E-state index contributed by atoms with van der Waals surface area (Å²) in [4.78, 5) is 20.1. The lowest BCUT2D eigenvalue weighted by atomic mass is 9.85. The largest absolute Gasteiger partial charge is 0.497 e. The molecule has 176 valence electrons. The number of nitrogens with zero attached hydrogens (tertiary/aromatic N) is 2. The first kappa shape index (κ1) is 22.4. The van der Waals surface area contributed by atoms with Gasteiger partial charge in [-0.05, 0) is 74.0 Å². The van der Waals surface area contributed by atoms with Gasteiger partial charge in [0.1, 0.15) is 11.9 Å². The molecule has 0 aliphatic carbocycles. The van der Waals surface area contributed by atoms with E-state index in [-0.39, 0.29) is 6.04 Å². The van der Waals surface area contributed by atoms with Gasteiger partial charge in [0.15, 0.2) is 0 Å². The fourth-order valence-electron chi connectivity index (χ4n) is 5.55. The second-order valence-corrected chi connectivity index (χ2v) is 9.19. The lowest BCUT2D eigenvalue weighted by molar-refractivity contribution is 0.0249. The van der Waals surface area contributed by atoms with Crippen molar-refractivity contribution in [2.75, 3.05) is 25.5 Å². The zero-order chi connectivity index (χ0) is 23.5. The van der Waals surface area contributed by atoms with Crippen molar-refractivity contribution >= 4 is 22.7 Å². The van der Waals surface area contributed by atoms with E-state index in [1.807, 2.05) is 54.6 Å². The molecule has 0 saturated carbocycles. The number of methoxy groups -OCH3 is 1. The van der Waals surface area contributed by atoms with Gasteiger partial charge in [0, 0.05) is 29.4 Å². The Bertz CT molecular complexity index is 1170. The van der Waals surface area contributed by atoms with Crippen LogP contribution in [0, 0.1) is 11.8 Å². The normalized spacial score (nSPS) is 24.7. The average molecular weight is 458 g/mol. The number of anilines is 1. The van der Waals surface area contributed by atoms with Gasteiger partial charge in [-0.3, -0.25) is 15.2 Å². The maximum Gasteiger partial charge on any atom is 0.412 e. The highest BCUT2D eigenvalue weighted by molar-refractivity contribution is 5.86. The molecule has 3 aromatic rings. The Morgan fingerprint density at radius 2 is 2.03 bits per heavy atom. The van der Waals surface area contributed by atoms with Crippen LogP contribution in [0.2, 0.25) is 0 Å². The third-order valence-corrected chi connectivity index (χ3v) is 7.34. The molecule has 0 radical (unpaired) electrons. The molecule has 3 aliphatic heterocycles. The van der Waals surface area contributed by atoms with Crippen molar-refractivity contribution in [3.63, 3.8) is 0 Å². The Morgan fingerprint density at radius 1 is 1.18 bits per heavy atom. The molecular formula is C28H31N3O3. The number of para-hydroxylation sites is 1. The summed E-state index contributed by atoms with van der Waals surface area (Å²) < 4.78 is 11.7. The number of amides is 1. The molecule has 2 bridgehead atoms. The molecule has 6 rings (SSSR count). The fourth-order valence-corrected chi connectivity index (χ4v) is 5.55. The van der Waals surface area contributed by atoms with Gasteiger partial charge in [-0.15, -0.1) is 6.58 Å². The number of carbonyl (C=O) groups is 1. The molecule has 1 aromatic heterocycles. The van der Waals surface area contributed by atoms with E-state index in [4.69, 9.17) is 9.47 Å². The lowest BCUT2D eigenvalue weighted by Gasteiger charge is -2.39. The van der Waals surface area contributed by atoms with Crippen molar-refractivity contribution in [1.29, 1.82) is 0 Å². The van der Waals surface area contributed by atoms with Crippen LogP contribution < -0.4 is 10.1 Å². The number of pyridine rings is 1. The molecule has 2 aromatic carbocycles. The standard InChI is InChI=1S/C28H31N3O3/c1-3-19-18-31-16-14-20(19)9-12-26(31)27(34-28(32)30-21-7-5-4-6-8-21)23-13-15-29-25-11-10-22(33-2)17-24(23)25/h3-8,10-11,13,15,17,19-20,26-27H,1,9,12,14,16,18H2,2H3,(H,30,32)/t19?,20?,26?,27-/m1/s1. The Balaban J connectivity index is 1.53. The summed E-state index contributed by atoms with van der Waals surface area (Å²) in [6, 6.07) is 17.3. The maximum atomic E-state index is 13.1. The van der Waals surface area contributed by atoms with Crippen molar-refractivity contribution < 1.29 is 14.3 Å². The third kappa shape index (κ3) is 4.50. The molecule has 6 nitrogen and oxygen atoms in total. The number of hydrogen-bond donors (Lipinski definition) is 1. The first-order chi connectivity index (χ1) is 16.7. The zero-order valence-electron chi connectivity index (χ0n) is 19.5. The van der Waals surface area contributed by atoms with Crippen molar-refractivity contribution in [2.24, 2.45) is 11.8 Å². The van der Waals surface area contributed by atoms with E-state index in [0.717, 1.165) is 54.6 Å². The van der Waals surface area contributed by atoms with Crippen LogP contribution in [0.5, 0.6) is 5.75 Å². The summed E-state index contributed by atoms with van der Waals surface area (Å²) in [5.41, 5.74) is 2.52. The highest BCUT2D eigenvalue weighted by Crippen LogP contribution is 2.41. The Kier molecular flexibility index (Phi) is 6.50. The quantitative estimate of drug-likeness (QED) is 0.473. The minimum atomic E-state index is -0.454. The number of piperidine rings is 1. The summed E-state index contributed by atoms with van der Waals surface area (Å²) in [5, 5.41) is 3.84. The number of nitrogens with one attached hydrogen (secondary N) is 1. The van der Waals surface area contributed by atoms with E-state index in [2.05, 4.69) is 27.9 Å². The summed E-state index contributed by atoms with van der Waals surface area (Å²) in [5.74, 6) is 1.88. The molecule has 3 fully saturated rings. The summed E-state index contributed by atoms with van der Waals surface area (Å²) in [7, 11) is 1.66. The van der Waals surface area contributed by atoms with Gasteiger partial charge in [-0.2, -0.15) is 0 Å². The Morgan fingerprint density at radius 3 is 2.82 bits per heavy atom. The average Bonchev–Trinajstić information content (AvgIpc) is 3.19. The van der Waals surface area contributed by atoms with Crippen LogP contribution in [0.25, 0.3) is 10.9 Å². The van der Waals surface area contributed by atoms with Crippen molar-refractivity contribution in [3.8, 4) is 5.75 Å². The maximum absolute atomic E-state index is 13.1. The number of fused-ring (bicyclic) bond motifs is 5. The van der Waals surface area contributed by atoms with Crippen molar-refractivity contribution in [1.82, 2.24) is 9.88 Å². The van der Waals surface area contributed by atoms with E-state index < -0.39 is 12.2 Å².